The molecule has 0 bridgehead atoms. The summed E-state index contributed by atoms with van der Waals surface area (Å²) < 4.78 is 24.3. The van der Waals surface area contributed by atoms with E-state index in [0.717, 1.165) is 29.3 Å². The molecule has 52 heavy (non-hydrogen) atoms. The molecule has 0 aromatic carbocycles. The van der Waals surface area contributed by atoms with Gasteiger partial charge in [-0.25, -0.2) is 23.7 Å². The molecule has 0 aliphatic carbocycles. The Hall–Kier alpha value is -3.43. The van der Waals surface area contributed by atoms with Crippen LogP contribution in [0.4, 0.5) is 8.78 Å². The van der Waals surface area contributed by atoms with Crippen LogP contribution in [0, 0.1) is 19.8 Å². The van der Waals surface area contributed by atoms with Crippen molar-refractivity contribution in [3.05, 3.63) is 121 Å². The summed E-state index contributed by atoms with van der Waals surface area (Å²) in [6.07, 6.45) is 7.31. The molecule has 0 saturated carbocycles. The molecular formula is C43H63F2N5S2. The molecule has 0 fully saturated rings. The van der Waals surface area contributed by atoms with E-state index in [2.05, 4.69) is 125 Å². The molecule has 0 aliphatic heterocycles. The summed E-state index contributed by atoms with van der Waals surface area (Å²) >= 11 is 3.75. The van der Waals surface area contributed by atoms with Crippen LogP contribution in [-0.4, -0.2) is 24.9 Å². The van der Waals surface area contributed by atoms with Gasteiger partial charge in [0, 0.05) is 57.2 Å². The smallest absolute Gasteiger partial charge is 0.262 e. The van der Waals surface area contributed by atoms with Gasteiger partial charge in [-0.1, -0.05) is 83.1 Å². The Balaban J connectivity index is 0.000000327. The summed E-state index contributed by atoms with van der Waals surface area (Å²) in [5.74, 6) is 3.43. The predicted molar refractivity (Wildman–Crippen MR) is 220 cm³/mol. The van der Waals surface area contributed by atoms with Crippen molar-refractivity contribution < 1.29 is 8.78 Å². The van der Waals surface area contributed by atoms with Gasteiger partial charge in [0.2, 0.25) is 0 Å². The van der Waals surface area contributed by atoms with Crippen LogP contribution in [0.5, 0.6) is 0 Å². The standard InChI is InChI=1S/C10H17NS.C9H11F2N.C9H13N.C8H12S.C7H10N2/c1-7(2)5-10-11-6-9(12-10)8(3)4;1-6(2)7-3-4-12-8(5-7)9(10)11;1-7(2)9-4-5-10-8(3)6-9;1-6(2)8-5-4-7(3)9-8;1-6(2)7-3-4-8-5-9-7/h6-8H,5H2,1-4H3;3-6,9H,1-2H3;4-7H,1-3H3;4-6H,1-3H3;3-6H,1-2H3. The van der Waals surface area contributed by atoms with Crippen LogP contribution in [0.2, 0.25) is 0 Å². The third-order valence-electron chi connectivity index (χ3n) is 7.53. The monoisotopic (exact) mass is 751 g/mol. The van der Waals surface area contributed by atoms with Crippen molar-refractivity contribution in [3.8, 4) is 0 Å². The van der Waals surface area contributed by atoms with Crippen molar-refractivity contribution in [2.24, 2.45) is 5.92 Å². The van der Waals surface area contributed by atoms with Crippen LogP contribution in [-0.2, 0) is 6.42 Å². The van der Waals surface area contributed by atoms with Gasteiger partial charge in [0.05, 0.1) is 5.01 Å². The van der Waals surface area contributed by atoms with Gasteiger partial charge in [-0.2, -0.15) is 0 Å². The predicted octanol–water partition coefficient (Wildman–Crippen LogP) is 13.9. The van der Waals surface area contributed by atoms with Crippen molar-refractivity contribution in [1.29, 1.82) is 0 Å². The van der Waals surface area contributed by atoms with Gasteiger partial charge in [0.1, 0.15) is 12.0 Å². The summed E-state index contributed by atoms with van der Waals surface area (Å²) in [7, 11) is 0. The fraction of sp³-hybridized carbons (Fsp3) is 0.512. The van der Waals surface area contributed by atoms with Crippen LogP contribution in [0.3, 0.4) is 0 Å². The van der Waals surface area contributed by atoms with Gasteiger partial charge in [-0.15, -0.1) is 22.7 Å². The number of thiophene rings is 1. The van der Waals surface area contributed by atoms with Crippen LogP contribution in [0.25, 0.3) is 0 Å². The zero-order valence-corrected chi connectivity index (χ0v) is 35.6. The molecule has 0 radical (unpaired) electrons. The molecule has 0 amide bonds. The Kier molecular flexibility index (Phi) is 22.2. The summed E-state index contributed by atoms with van der Waals surface area (Å²) in [6.45, 7) is 30.1. The lowest BCUT2D eigenvalue weighted by Gasteiger charge is -2.05. The fourth-order valence-corrected chi connectivity index (χ4v) is 6.33. The van der Waals surface area contributed by atoms with E-state index in [1.54, 1.807) is 18.6 Å². The first-order valence-corrected chi connectivity index (χ1v) is 20.0. The molecule has 0 N–H and O–H groups in total. The maximum atomic E-state index is 12.1. The minimum absolute atomic E-state index is 0.138. The molecule has 0 atom stereocenters. The van der Waals surface area contributed by atoms with Gasteiger partial charge in [-0.3, -0.25) is 9.97 Å². The third kappa shape index (κ3) is 19.4. The summed E-state index contributed by atoms with van der Waals surface area (Å²) in [5, 5.41) is 1.29. The van der Waals surface area contributed by atoms with Gasteiger partial charge in [-0.05, 0) is 103 Å². The summed E-state index contributed by atoms with van der Waals surface area (Å²) in [6, 6.07) is 13.7. The molecule has 9 heteroatoms. The number of hydrogen-bond acceptors (Lipinski definition) is 7. The highest BCUT2D eigenvalue weighted by molar-refractivity contribution is 7.12. The number of halogens is 2. The number of aryl methyl sites for hydroxylation is 2. The van der Waals surface area contributed by atoms with Crippen molar-refractivity contribution >= 4 is 22.7 Å². The SMILES string of the molecule is CC(C)Cc1ncc(C(C)C)s1.CC(C)c1ccnc(C(F)F)c1.CC(C)c1ccncn1.Cc1cc(C(C)C)ccn1.Cc1ccc(C(C)C)s1. The maximum absolute atomic E-state index is 12.1. The van der Waals surface area contributed by atoms with Gasteiger partial charge in [0.25, 0.3) is 6.43 Å². The minimum Gasteiger partial charge on any atom is -0.262 e. The molecule has 0 aliphatic rings. The lowest BCUT2D eigenvalue weighted by atomic mass is 10.0. The number of alkyl halides is 2. The van der Waals surface area contributed by atoms with E-state index < -0.39 is 6.43 Å². The number of rotatable bonds is 8. The van der Waals surface area contributed by atoms with E-state index in [4.69, 9.17) is 0 Å². The number of nitrogens with zero attached hydrogens (tertiary/aromatic N) is 5. The maximum Gasteiger partial charge on any atom is 0.280 e. The first-order chi connectivity index (χ1) is 24.4. The molecule has 0 unspecified atom stereocenters. The van der Waals surface area contributed by atoms with Crippen LogP contribution in [0.15, 0.2) is 73.6 Å². The van der Waals surface area contributed by atoms with E-state index >= 15 is 0 Å². The van der Waals surface area contributed by atoms with E-state index in [1.165, 1.54) is 37.5 Å². The largest absolute Gasteiger partial charge is 0.280 e. The Morgan fingerprint density at radius 2 is 1.15 bits per heavy atom. The average molecular weight is 752 g/mol. The molecule has 0 saturated heterocycles. The molecule has 0 spiro atoms. The second kappa shape index (κ2) is 24.7. The highest BCUT2D eigenvalue weighted by atomic mass is 32.1. The highest BCUT2D eigenvalue weighted by Crippen LogP contribution is 2.24. The third-order valence-corrected chi connectivity index (χ3v) is 10.2. The lowest BCUT2D eigenvalue weighted by molar-refractivity contribution is 0.146. The molecular weight excluding hydrogens is 689 g/mol. The Morgan fingerprint density at radius 1 is 0.558 bits per heavy atom. The number of thiazole rings is 1. The fourth-order valence-electron chi connectivity index (χ4n) is 4.31. The summed E-state index contributed by atoms with van der Waals surface area (Å²) in [5.41, 5.74) is 4.34. The molecule has 286 valence electrons. The quantitative estimate of drug-likeness (QED) is 0.158. The van der Waals surface area contributed by atoms with E-state index in [-0.39, 0.29) is 11.6 Å². The van der Waals surface area contributed by atoms with Gasteiger partial charge >= 0.3 is 0 Å². The van der Waals surface area contributed by atoms with Crippen molar-refractivity contribution in [3.63, 3.8) is 0 Å². The Morgan fingerprint density at radius 3 is 1.52 bits per heavy atom. The van der Waals surface area contributed by atoms with Crippen LogP contribution < -0.4 is 0 Å². The van der Waals surface area contributed by atoms with Crippen LogP contribution >= 0.6 is 22.7 Å². The van der Waals surface area contributed by atoms with Crippen molar-refractivity contribution in [2.45, 2.75) is 139 Å². The normalized spacial score (nSPS) is 10.8. The zero-order valence-electron chi connectivity index (χ0n) is 34.0. The second-order valence-corrected chi connectivity index (χ2v) is 17.1. The Labute approximate surface area is 321 Å². The topological polar surface area (TPSA) is 64.5 Å². The molecule has 5 rings (SSSR count). The highest BCUT2D eigenvalue weighted by Gasteiger charge is 2.10. The van der Waals surface area contributed by atoms with E-state index in [1.807, 2.05) is 61.9 Å². The summed E-state index contributed by atoms with van der Waals surface area (Å²) in [4.78, 5) is 24.3. The Bertz CT molecular complexity index is 1620. The molecule has 5 aromatic heterocycles. The number of hydrogen-bond donors (Lipinski definition) is 0. The van der Waals surface area contributed by atoms with Crippen molar-refractivity contribution in [1.82, 2.24) is 24.9 Å². The number of pyridine rings is 2. The molecule has 5 nitrogen and oxygen atoms in total. The molecule has 5 heterocycles. The van der Waals surface area contributed by atoms with E-state index in [9.17, 15) is 8.78 Å². The lowest BCUT2D eigenvalue weighted by Crippen LogP contribution is -1.93. The van der Waals surface area contributed by atoms with Crippen LogP contribution in [0.1, 0.15) is 167 Å². The number of aromatic nitrogens is 5. The average Bonchev–Trinajstić information content (AvgIpc) is 3.75. The van der Waals surface area contributed by atoms with E-state index in [0.29, 0.717) is 23.7 Å². The second-order valence-electron chi connectivity index (χ2n) is 14.7. The first-order valence-electron chi connectivity index (χ1n) is 18.3. The van der Waals surface area contributed by atoms with Gasteiger partial charge in [0.15, 0.2) is 0 Å². The van der Waals surface area contributed by atoms with Gasteiger partial charge < -0.3 is 0 Å². The zero-order chi connectivity index (χ0) is 39.4. The molecule has 5 aromatic rings. The minimum atomic E-state index is -2.47. The van der Waals surface area contributed by atoms with Crippen molar-refractivity contribution in [2.75, 3.05) is 0 Å². The first kappa shape index (κ1) is 46.6.